The molecule has 0 fully saturated rings. The lowest BCUT2D eigenvalue weighted by molar-refractivity contribution is -0.110. The second-order valence-electron chi connectivity index (χ2n) is 4.19. The summed E-state index contributed by atoms with van der Waals surface area (Å²) in [7, 11) is 0. The van der Waals surface area contributed by atoms with Crippen LogP contribution in [0.2, 0.25) is 0 Å². The molecule has 0 spiro atoms. The summed E-state index contributed by atoms with van der Waals surface area (Å²) >= 11 is 0. The second-order valence-corrected chi connectivity index (χ2v) is 4.19. The van der Waals surface area contributed by atoms with Crippen LogP contribution in [-0.4, -0.2) is 16.0 Å². The Morgan fingerprint density at radius 2 is 1.60 bits per heavy atom. The van der Waals surface area contributed by atoms with Crippen LogP contribution in [-0.2, 0) is 4.79 Å². The fourth-order valence-corrected chi connectivity index (χ4v) is 1.69. The third kappa shape index (κ3) is 3.59. The van der Waals surface area contributed by atoms with E-state index in [9.17, 15) is 15.0 Å². The van der Waals surface area contributed by atoms with Crippen LogP contribution in [0.15, 0.2) is 66.7 Å². The van der Waals surface area contributed by atoms with E-state index in [2.05, 4.69) is 0 Å². The summed E-state index contributed by atoms with van der Waals surface area (Å²) in [4.78, 5) is 11.7. The highest BCUT2D eigenvalue weighted by atomic mass is 16.3. The number of rotatable bonds is 4. The Labute approximate surface area is 117 Å². The van der Waals surface area contributed by atoms with Gasteiger partial charge in [0, 0.05) is 6.08 Å². The molecular weight excluding hydrogens is 252 g/mol. The van der Waals surface area contributed by atoms with Crippen molar-refractivity contribution in [2.45, 2.75) is 0 Å². The average molecular weight is 266 g/mol. The summed E-state index contributed by atoms with van der Waals surface area (Å²) < 4.78 is 0. The van der Waals surface area contributed by atoms with Crippen molar-refractivity contribution in [3.05, 3.63) is 77.9 Å². The highest BCUT2D eigenvalue weighted by Crippen LogP contribution is 2.22. The van der Waals surface area contributed by atoms with Crippen LogP contribution >= 0.6 is 0 Å². The molecule has 3 heteroatoms. The van der Waals surface area contributed by atoms with E-state index in [0.29, 0.717) is 0 Å². The third-order valence-electron chi connectivity index (χ3n) is 2.70. The van der Waals surface area contributed by atoms with Gasteiger partial charge < -0.3 is 10.2 Å². The Morgan fingerprint density at radius 3 is 2.30 bits per heavy atom. The third-order valence-corrected chi connectivity index (χ3v) is 2.70. The topological polar surface area (TPSA) is 57.5 Å². The van der Waals surface area contributed by atoms with Gasteiger partial charge in [0.15, 0.2) is 5.78 Å². The van der Waals surface area contributed by atoms with Gasteiger partial charge in [-0.3, -0.25) is 4.79 Å². The van der Waals surface area contributed by atoms with Gasteiger partial charge in [0.25, 0.3) is 0 Å². The van der Waals surface area contributed by atoms with Gasteiger partial charge in [-0.15, -0.1) is 0 Å². The molecule has 0 saturated carbocycles. The van der Waals surface area contributed by atoms with Crippen LogP contribution in [0.1, 0.15) is 11.1 Å². The monoisotopic (exact) mass is 266 g/mol. The number of hydrogen-bond donors (Lipinski definition) is 2. The molecule has 2 rings (SSSR count). The van der Waals surface area contributed by atoms with Gasteiger partial charge in [-0.25, -0.2) is 0 Å². The summed E-state index contributed by atoms with van der Waals surface area (Å²) in [5, 5.41) is 19.4. The molecule has 0 aliphatic heterocycles. The summed E-state index contributed by atoms with van der Waals surface area (Å²) in [5.74, 6) is -0.679. The van der Waals surface area contributed by atoms with Crippen LogP contribution in [0.3, 0.4) is 0 Å². The lowest BCUT2D eigenvalue weighted by atomic mass is 10.1. The maximum atomic E-state index is 11.7. The first-order valence-electron chi connectivity index (χ1n) is 6.13. The standard InChI is InChI=1S/C17H14O3/c18-14(11-10-13-6-2-1-3-7-13)12-17(20)15-8-4-5-9-16(15)19/h1-12,19-20H. The van der Waals surface area contributed by atoms with Crippen molar-refractivity contribution in [3.8, 4) is 5.75 Å². The van der Waals surface area contributed by atoms with Gasteiger partial charge in [-0.05, 0) is 23.8 Å². The van der Waals surface area contributed by atoms with Gasteiger partial charge in [-0.2, -0.15) is 0 Å². The number of aliphatic hydroxyl groups is 1. The Bertz CT molecular complexity index is 655. The number of para-hydroxylation sites is 1. The lowest BCUT2D eigenvalue weighted by Crippen LogP contribution is -1.91. The lowest BCUT2D eigenvalue weighted by Gasteiger charge is -2.01. The van der Waals surface area contributed by atoms with Crippen molar-refractivity contribution in [2.24, 2.45) is 0 Å². The fourth-order valence-electron chi connectivity index (χ4n) is 1.69. The largest absolute Gasteiger partial charge is 0.507 e. The van der Waals surface area contributed by atoms with Gasteiger partial charge in [0.1, 0.15) is 11.5 Å². The minimum atomic E-state index is -0.352. The van der Waals surface area contributed by atoms with Crippen LogP contribution < -0.4 is 0 Å². The molecule has 0 unspecified atom stereocenters. The normalized spacial score (nSPS) is 11.7. The molecule has 3 nitrogen and oxygen atoms in total. The maximum absolute atomic E-state index is 11.7. The van der Waals surface area contributed by atoms with Crippen molar-refractivity contribution in [2.75, 3.05) is 0 Å². The Hall–Kier alpha value is -2.81. The molecular formula is C17H14O3. The summed E-state index contributed by atoms with van der Waals surface area (Å²) in [6.45, 7) is 0. The Kier molecular flexibility index (Phi) is 4.35. The van der Waals surface area contributed by atoms with Crippen LogP contribution in [0, 0.1) is 0 Å². The summed E-state index contributed by atoms with van der Waals surface area (Å²) in [6, 6.07) is 15.7. The average Bonchev–Trinajstić information content (AvgIpc) is 2.46. The number of aliphatic hydroxyl groups excluding tert-OH is 1. The molecule has 0 radical (unpaired) electrons. The molecule has 0 atom stereocenters. The van der Waals surface area contributed by atoms with E-state index in [1.165, 1.54) is 18.2 Å². The number of phenols is 1. The Morgan fingerprint density at radius 1 is 0.950 bits per heavy atom. The summed E-state index contributed by atoms with van der Waals surface area (Å²) in [6.07, 6.45) is 4.11. The Balaban J connectivity index is 2.13. The molecule has 0 amide bonds. The van der Waals surface area contributed by atoms with Crippen LogP contribution in [0.25, 0.3) is 11.8 Å². The highest BCUT2D eigenvalue weighted by Gasteiger charge is 2.05. The predicted octanol–water partition coefficient (Wildman–Crippen LogP) is 3.57. The molecule has 0 aliphatic rings. The minimum absolute atomic E-state index is 0.0684. The first-order chi connectivity index (χ1) is 9.66. The first kappa shape index (κ1) is 13.6. The van der Waals surface area contributed by atoms with E-state index < -0.39 is 0 Å². The molecule has 0 aromatic heterocycles. The van der Waals surface area contributed by atoms with Crippen LogP contribution in [0.4, 0.5) is 0 Å². The van der Waals surface area contributed by atoms with E-state index in [1.807, 2.05) is 30.3 Å². The number of aromatic hydroxyl groups is 1. The molecule has 0 bridgehead atoms. The molecule has 0 aliphatic carbocycles. The van der Waals surface area contributed by atoms with Gasteiger partial charge >= 0.3 is 0 Å². The SMILES string of the molecule is O=C(C=Cc1ccccc1)C=C(O)c1ccccc1O. The molecule has 2 aromatic carbocycles. The quantitative estimate of drug-likeness (QED) is 0.657. The van der Waals surface area contributed by atoms with Crippen molar-refractivity contribution < 1.29 is 15.0 Å². The number of carbonyl (C=O) groups is 1. The highest BCUT2D eigenvalue weighted by molar-refractivity contribution is 6.05. The van der Waals surface area contributed by atoms with Crippen LogP contribution in [0.5, 0.6) is 5.75 Å². The van der Waals surface area contributed by atoms with Crippen molar-refractivity contribution in [1.29, 1.82) is 0 Å². The second kappa shape index (κ2) is 6.38. The zero-order valence-electron chi connectivity index (χ0n) is 10.7. The number of phenolic OH excluding ortho intramolecular Hbond substituents is 1. The number of hydrogen-bond acceptors (Lipinski definition) is 3. The van der Waals surface area contributed by atoms with Gasteiger partial charge in [-0.1, -0.05) is 48.5 Å². The van der Waals surface area contributed by atoms with E-state index >= 15 is 0 Å². The van der Waals surface area contributed by atoms with E-state index in [1.54, 1.807) is 18.2 Å². The smallest absolute Gasteiger partial charge is 0.182 e. The maximum Gasteiger partial charge on any atom is 0.182 e. The first-order valence-corrected chi connectivity index (χ1v) is 6.13. The van der Waals surface area contributed by atoms with E-state index in [4.69, 9.17) is 0 Å². The number of allylic oxidation sites excluding steroid dienone is 2. The minimum Gasteiger partial charge on any atom is -0.507 e. The van der Waals surface area contributed by atoms with E-state index in [0.717, 1.165) is 11.6 Å². The molecule has 2 N–H and O–H groups in total. The van der Waals surface area contributed by atoms with Gasteiger partial charge in [0.05, 0.1) is 5.56 Å². The van der Waals surface area contributed by atoms with Crippen molar-refractivity contribution >= 4 is 17.6 Å². The number of benzene rings is 2. The molecule has 2 aromatic rings. The fraction of sp³-hybridized carbons (Fsp3) is 0. The number of ketones is 1. The summed E-state index contributed by atoms with van der Waals surface area (Å²) in [5.41, 5.74) is 1.13. The van der Waals surface area contributed by atoms with Crippen molar-refractivity contribution in [3.63, 3.8) is 0 Å². The predicted molar refractivity (Wildman–Crippen MR) is 79.2 cm³/mol. The van der Waals surface area contributed by atoms with Gasteiger partial charge in [0.2, 0.25) is 0 Å². The van der Waals surface area contributed by atoms with Crippen molar-refractivity contribution in [1.82, 2.24) is 0 Å². The molecule has 0 saturated heterocycles. The zero-order chi connectivity index (χ0) is 14.4. The van der Waals surface area contributed by atoms with E-state index in [-0.39, 0.29) is 22.9 Å². The number of carbonyl (C=O) groups excluding carboxylic acids is 1. The zero-order valence-corrected chi connectivity index (χ0v) is 10.7. The molecule has 100 valence electrons. The molecule has 0 heterocycles. The molecule has 20 heavy (non-hydrogen) atoms.